The van der Waals surface area contributed by atoms with Crippen molar-refractivity contribution in [1.82, 2.24) is 19.8 Å². The van der Waals surface area contributed by atoms with Crippen molar-refractivity contribution in [3.05, 3.63) is 39.8 Å². The second kappa shape index (κ2) is 8.22. The number of aromatic nitrogens is 2. The Morgan fingerprint density at radius 1 is 1.09 bits per heavy atom. The van der Waals surface area contributed by atoms with Gasteiger partial charge in [0.25, 0.3) is 0 Å². The van der Waals surface area contributed by atoms with Crippen molar-refractivity contribution in [2.24, 2.45) is 0 Å². The van der Waals surface area contributed by atoms with Crippen molar-refractivity contribution in [3.8, 4) is 6.01 Å². The molecule has 2 aromatic rings. The molecule has 0 aliphatic heterocycles. The molecule has 2 aromatic heterocycles. The second-order valence-corrected chi connectivity index (χ2v) is 6.98. The zero-order valence-electron chi connectivity index (χ0n) is 13.7. The Hall–Kier alpha value is -1.50. The van der Waals surface area contributed by atoms with Crippen molar-refractivity contribution in [1.29, 1.82) is 0 Å². The van der Waals surface area contributed by atoms with Gasteiger partial charge in [0.1, 0.15) is 0 Å². The Balaban J connectivity index is 2.02. The van der Waals surface area contributed by atoms with Crippen molar-refractivity contribution in [3.63, 3.8) is 0 Å². The first-order valence-electron chi connectivity index (χ1n) is 7.34. The monoisotopic (exact) mass is 320 g/mol. The normalized spacial score (nSPS) is 11.4. The topological polar surface area (TPSA) is 41.5 Å². The van der Waals surface area contributed by atoms with Gasteiger partial charge in [-0.2, -0.15) is 0 Å². The molecule has 0 radical (unpaired) electrons. The van der Waals surface area contributed by atoms with E-state index >= 15 is 0 Å². The maximum atomic E-state index is 5.01. The van der Waals surface area contributed by atoms with Crippen LogP contribution in [-0.4, -0.2) is 54.1 Å². The SMILES string of the molecule is COc1ncc(CN(CCN(C)C)Cc2ccc(C)s2)cn1. The van der Waals surface area contributed by atoms with E-state index in [4.69, 9.17) is 4.74 Å². The van der Waals surface area contributed by atoms with E-state index in [9.17, 15) is 0 Å². The summed E-state index contributed by atoms with van der Waals surface area (Å²) in [5.74, 6) is 0. The number of ether oxygens (including phenoxy) is 1. The molecule has 5 nitrogen and oxygen atoms in total. The highest BCUT2D eigenvalue weighted by Gasteiger charge is 2.10. The molecule has 22 heavy (non-hydrogen) atoms. The summed E-state index contributed by atoms with van der Waals surface area (Å²) in [5.41, 5.74) is 1.10. The Kier molecular flexibility index (Phi) is 6.30. The molecule has 0 aromatic carbocycles. The lowest BCUT2D eigenvalue weighted by molar-refractivity contribution is 0.227. The third-order valence-electron chi connectivity index (χ3n) is 3.31. The molecule has 0 saturated carbocycles. The molecule has 0 aliphatic rings. The van der Waals surface area contributed by atoms with Crippen LogP contribution in [0.2, 0.25) is 0 Å². The highest BCUT2D eigenvalue weighted by molar-refractivity contribution is 7.11. The number of thiophene rings is 1. The van der Waals surface area contributed by atoms with Crippen LogP contribution in [-0.2, 0) is 13.1 Å². The van der Waals surface area contributed by atoms with E-state index < -0.39 is 0 Å². The number of hydrogen-bond acceptors (Lipinski definition) is 6. The van der Waals surface area contributed by atoms with Crippen LogP contribution in [0.1, 0.15) is 15.3 Å². The number of hydrogen-bond donors (Lipinski definition) is 0. The lowest BCUT2D eigenvalue weighted by Crippen LogP contribution is -2.31. The van der Waals surface area contributed by atoms with Gasteiger partial charge >= 0.3 is 6.01 Å². The lowest BCUT2D eigenvalue weighted by Gasteiger charge is -2.23. The summed E-state index contributed by atoms with van der Waals surface area (Å²) in [6, 6.07) is 4.81. The maximum absolute atomic E-state index is 5.01. The molecule has 0 saturated heterocycles. The van der Waals surface area contributed by atoms with E-state index in [1.165, 1.54) is 9.75 Å². The Labute approximate surface area is 136 Å². The number of likely N-dealkylation sites (N-methyl/N-ethyl adjacent to an activating group) is 1. The van der Waals surface area contributed by atoms with E-state index in [2.05, 4.69) is 52.9 Å². The van der Waals surface area contributed by atoms with Crippen LogP contribution in [0.5, 0.6) is 6.01 Å². The van der Waals surface area contributed by atoms with E-state index in [0.29, 0.717) is 6.01 Å². The first-order chi connectivity index (χ1) is 10.6. The molecular formula is C16H24N4OS. The zero-order chi connectivity index (χ0) is 15.9. The minimum Gasteiger partial charge on any atom is -0.467 e. The molecular weight excluding hydrogens is 296 g/mol. The number of rotatable bonds is 8. The number of methoxy groups -OCH3 is 1. The zero-order valence-corrected chi connectivity index (χ0v) is 14.6. The minimum atomic E-state index is 0.414. The quantitative estimate of drug-likeness (QED) is 0.747. The molecule has 0 N–H and O–H groups in total. The summed E-state index contributed by atoms with van der Waals surface area (Å²) in [6.07, 6.45) is 3.68. The smallest absolute Gasteiger partial charge is 0.316 e. The third-order valence-corrected chi connectivity index (χ3v) is 4.29. The van der Waals surface area contributed by atoms with Crippen LogP contribution < -0.4 is 4.74 Å². The Bertz CT molecular complexity index is 568. The molecule has 2 heterocycles. The fraction of sp³-hybridized carbons (Fsp3) is 0.500. The van der Waals surface area contributed by atoms with E-state index in [1.54, 1.807) is 7.11 Å². The van der Waals surface area contributed by atoms with Gasteiger partial charge in [-0.1, -0.05) is 0 Å². The molecule has 2 rings (SSSR count). The lowest BCUT2D eigenvalue weighted by atomic mass is 10.3. The minimum absolute atomic E-state index is 0.414. The summed E-state index contributed by atoms with van der Waals surface area (Å²) in [6.45, 7) is 5.99. The molecule has 0 aliphatic carbocycles. The molecule has 120 valence electrons. The van der Waals surface area contributed by atoms with Crippen LogP contribution in [0, 0.1) is 6.92 Å². The van der Waals surface area contributed by atoms with Crippen molar-refractivity contribution in [2.75, 3.05) is 34.3 Å². The molecule has 0 spiro atoms. The second-order valence-electron chi connectivity index (χ2n) is 5.60. The Morgan fingerprint density at radius 3 is 2.36 bits per heavy atom. The van der Waals surface area contributed by atoms with E-state index in [-0.39, 0.29) is 0 Å². The average molecular weight is 320 g/mol. The third kappa shape index (κ3) is 5.36. The van der Waals surface area contributed by atoms with Gasteiger partial charge in [-0.15, -0.1) is 11.3 Å². The van der Waals surface area contributed by atoms with Gasteiger partial charge in [0, 0.05) is 53.9 Å². The molecule has 0 fully saturated rings. The number of aryl methyl sites for hydroxylation is 1. The summed E-state index contributed by atoms with van der Waals surface area (Å²) in [5, 5.41) is 0. The molecule has 0 bridgehead atoms. The Morgan fingerprint density at radius 2 is 1.82 bits per heavy atom. The first-order valence-corrected chi connectivity index (χ1v) is 8.16. The van der Waals surface area contributed by atoms with E-state index in [1.807, 2.05) is 23.7 Å². The standard InChI is InChI=1S/C16H24N4OS/c1-13-5-6-15(22-13)12-20(8-7-19(2)3)11-14-9-17-16(21-4)18-10-14/h5-6,9-10H,7-8,11-12H2,1-4H3. The molecule has 0 amide bonds. The predicted molar refractivity (Wildman–Crippen MR) is 90.3 cm³/mol. The molecule has 0 atom stereocenters. The largest absolute Gasteiger partial charge is 0.467 e. The van der Waals surface area contributed by atoms with Crippen molar-refractivity contribution >= 4 is 11.3 Å². The van der Waals surface area contributed by atoms with E-state index in [0.717, 1.165) is 31.7 Å². The van der Waals surface area contributed by atoms with Gasteiger partial charge in [0.15, 0.2) is 0 Å². The molecule has 0 unspecified atom stereocenters. The fourth-order valence-electron chi connectivity index (χ4n) is 2.13. The van der Waals surface area contributed by atoms with Crippen molar-refractivity contribution < 1.29 is 4.74 Å². The van der Waals surface area contributed by atoms with Crippen molar-refractivity contribution in [2.45, 2.75) is 20.0 Å². The average Bonchev–Trinajstić information content (AvgIpc) is 2.90. The van der Waals surface area contributed by atoms with Crippen LogP contribution in [0.15, 0.2) is 24.5 Å². The summed E-state index contributed by atoms with van der Waals surface area (Å²) in [4.78, 5) is 15.8. The fourth-order valence-corrected chi connectivity index (χ4v) is 3.07. The van der Waals surface area contributed by atoms with Crippen LogP contribution in [0.4, 0.5) is 0 Å². The predicted octanol–water partition coefficient (Wildman–Crippen LogP) is 2.42. The summed E-state index contributed by atoms with van der Waals surface area (Å²) >= 11 is 1.86. The summed E-state index contributed by atoms with van der Waals surface area (Å²) < 4.78 is 5.01. The van der Waals surface area contributed by atoms with Gasteiger partial charge in [0.2, 0.25) is 0 Å². The van der Waals surface area contributed by atoms with Gasteiger partial charge in [-0.05, 0) is 33.2 Å². The van der Waals surface area contributed by atoms with Gasteiger partial charge in [0.05, 0.1) is 7.11 Å². The maximum Gasteiger partial charge on any atom is 0.316 e. The highest BCUT2D eigenvalue weighted by atomic mass is 32.1. The summed E-state index contributed by atoms with van der Waals surface area (Å²) in [7, 11) is 5.78. The number of nitrogens with zero attached hydrogens (tertiary/aromatic N) is 4. The van der Waals surface area contributed by atoms with Crippen LogP contribution >= 0.6 is 11.3 Å². The van der Waals surface area contributed by atoms with Gasteiger partial charge < -0.3 is 9.64 Å². The van der Waals surface area contributed by atoms with Gasteiger partial charge in [-0.3, -0.25) is 4.90 Å². The highest BCUT2D eigenvalue weighted by Crippen LogP contribution is 2.18. The van der Waals surface area contributed by atoms with Crippen LogP contribution in [0.25, 0.3) is 0 Å². The van der Waals surface area contributed by atoms with Crippen LogP contribution in [0.3, 0.4) is 0 Å². The molecule has 6 heteroatoms. The first kappa shape index (κ1) is 16.9. The van der Waals surface area contributed by atoms with Gasteiger partial charge in [-0.25, -0.2) is 9.97 Å².